The van der Waals surface area contributed by atoms with Crippen LogP contribution in [0.15, 0.2) is 59.6 Å². The molecule has 0 saturated heterocycles. The predicted octanol–water partition coefficient (Wildman–Crippen LogP) is 6.07. The standard InChI is InChI=1S/C34H39N9O3S/c1-36-32(45)30-33(42-34(47-30)22-14-15-38-28(19-22)41-31(44)21-12-13-21)46-18-6-7-23(43-35)20-37-16-17-39-29-24-8-2-4-10-26(24)40-27-11-5-3-9-25(27)29/h2,4,8,10,14-15,19-21,35,37H,3,5-7,9,11-13,16-18H2,1H3,(H,36,45)(H,39,40)(H,38,41,44)/b23-20-,43-35?. The lowest BCUT2D eigenvalue weighted by molar-refractivity contribution is -0.117. The molecule has 4 aromatic rings. The number of pyridine rings is 2. The number of para-hydroxylation sites is 1. The number of anilines is 2. The van der Waals surface area contributed by atoms with E-state index in [1.165, 1.54) is 41.1 Å². The second-order valence-electron chi connectivity index (χ2n) is 11.6. The first-order chi connectivity index (χ1) is 23.0. The SMILES string of the molecule is CNC(=O)c1sc(-c2ccnc(NC(=O)C3CC3)c2)nc1OCCC/C(=C/NCCNc1c2c(nc3ccccc13)CCCC2)N=N. The number of benzene rings is 1. The van der Waals surface area contributed by atoms with Gasteiger partial charge in [-0.05, 0) is 75.1 Å². The Morgan fingerprint density at radius 1 is 1.13 bits per heavy atom. The van der Waals surface area contributed by atoms with Crippen molar-refractivity contribution in [1.29, 1.82) is 5.53 Å². The van der Waals surface area contributed by atoms with E-state index in [0.29, 0.717) is 53.9 Å². The molecule has 5 N–H and O–H groups in total. The van der Waals surface area contributed by atoms with Crippen LogP contribution in [-0.4, -0.2) is 53.5 Å². The number of hydrogen-bond donors (Lipinski definition) is 5. The van der Waals surface area contributed by atoms with Crippen LogP contribution in [0.1, 0.15) is 59.5 Å². The van der Waals surface area contributed by atoms with Crippen molar-refractivity contribution < 1.29 is 14.3 Å². The van der Waals surface area contributed by atoms with E-state index in [-0.39, 0.29) is 23.6 Å². The summed E-state index contributed by atoms with van der Waals surface area (Å²) in [7, 11) is 1.56. The molecule has 1 aromatic carbocycles. The molecule has 2 aliphatic carbocycles. The van der Waals surface area contributed by atoms with Gasteiger partial charge in [0.2, 0.25) is 11.8 Å². The van der Waals surface area contributed by atoms with E-state index in [2.05, 4.69) is 54.5 Å². The molecule has 3 aromatic heterocycles. The van der Waals surface area contributed by atoms with Gasteiger partial charge in [-0.1, -0.05) is 18.2 Å². The van der Waals surface area contributed by atoms with E-state index in [9.17, 15) is 9.59 Å². The topological polar surface area (TPSA) is 166 Å². The zero-order valence-corrected chi connectivity index (χ0v) is 27.2. The van der Waals surface area contributed by atoms with Crippen LogP contribution < -0.4 is 26.0 Å². The molecule has 1 fully saturated rings. The van der Waals surface area contributed by atoms with Crippen molar-refractivity contribution in [3.63, 3.8) is 0 Å². The third-order valence-corrected chi connectivity index (χ3v) is 9.29. The number of carbonyl (C=O) groups excluding carboxylic acids is 2. The number of nitrogens with one attached hydrogen (secondary N) is 5. The number of ether oxygens (including phenoxy) is 1. The lowest BCUT2D eigenvalue weighted by Crippen LogP contribution is -2.20. The number of carbonyl (C=O) groups is 2. The van der Waals surface area contributed by atoms with Crippen LogP contribution in [0.4, 0.5) is 11.5 Å². The third-order valence-electron chi connectivity index (χ3n) is 8.20. The zero-order valence-electron chi connectivity index (χ0n) is 26.4. The summed E-state index contributed by atoms with van der Waals surface area (Å²) < 4.78 is 5.95. The van der Waals surface area contributed by atoms with Crippen molar-refractivity contribution in [3.05, 3.63) is 70.6 Å². The fourth-order valence-electron chi connectivity index (χ4n) is 5.60. The maximum atomic E-state index is 12.6. The predicted molar refractivity (Wildman–Crippen MR) is 183 cm³/mol. The van der Waals surface area contributed by atoms with E-state index >= 15 is 0 Å². The fourth-order valence-corrected chi connectivity index (χ4v) is 6.55. The molecule has 12 nitrogen and oxygen atoms in total. The van der Waals surface area contributed by atoms with Crippen molar-refractivity contribution in [1.82, 2.24) is 25.6 Å². The van der Waals surface area contributed by atoms with E-state index in [1.54, 1.807) is 31.6 Å². The number of aromatic nitrogens is 3. The Bertz CT molecular complexity index is 1800. The number of fused-ring (bicyclic) bond motifs is 2. The molecule has 13 heteroatoms. The summed E-state index contributed by atoms with van der Waals surface area (Å²) in [5.74, 6) is 0.440. The van der Waals surface area contributed by atoms with Gasteiger partial charge in [-0.15, -0.1) is 11.3 Å². The Morgan fingerprint density at radius 3 is 2.81 bits per heavy atom. The molecule has 244 valence electrons. The molecule has 0 aliphatic heterocycles. The Hall–Kier alpha value is -4.91. The summed E-state index contributed by atoms with van der Waals surface area (Å²) in [6.45, 7) is 1.67. The van der Waals surface area contributed by atoms with Gasteiger partial charge in [-0.3, -0.25) is 14.6 Å². The minimum atomic E-state index is -0.292. The highest BCUT2D eigenvalue weighted by Gasteiger charge is 2.30. The zero-order chi connectivity index (χ0) is 32.6. The Morgan fingerprint density at radius 2 is 1.98 bits per heavy atom. The van der Waals surface area contributed by atoms with Gasteiger partial charge in [-0.25, -0.2) is 15.5 Å². The van der Waals surface area contributed by atoms with Crippen molar-refractivity contribution >= 4 is 45.6 Å². The molecule has 3 heterocycles. The van der Waals surface area contributed by atoms with Crippen LogP contribution in [0, 0.1) is 11.4 Å². The average Bonchev–Trinajstić information content (AvgIpc) is 3.87. The number of nitrogens with zero attached hydrogens (tertiary/aromatic N) is 4. The first-order valence-electron chi connectivity index (χ1n) is 16.1. The number of allylic oxidation sites excluding steroid dienone is 1. The fraction of sp³-hybridized carbons (Fsp3) is 0.382. The molecule has 2 amide bonds. The molecule has 0 atom stereocenters. The molecule has 0 unspecified atom stereocenters. The third kappa shape index (κ3) is 7.91. The lowest BCUT2D eigenvalue weighted by Gasteiger charge is -2.21. The summed E-state index contributed by atoms with van der Waals surface area (Å²) in [6.07, 6.45) is 10.7. The number of thiazole rings is 1. The summed E-state index contributed by atoms with van der Waals surface area (Å²) in [5.41, 5.74) is 13.7. The highest BCUT2D eigenvalue weighted by Crippen LogP contribution is 2.35. The molecule has 2 aliphatic rings. The maximum absolute atomic E-state index is 12.6. The first-order valence-corrected chi connectivity index (χ1v) is 16.9. The van der Waals surface area contributed by atoms with Gasteiger partial charge >= 0.3 is 0 Å². The van der Waals surface area contributed by atoms with Gasteiger partial charge in [0.1, 0.15) is 10.8 Å². The van der Waals surface area contributed by atoms with E-state index in [4.69, 9.17) is 15.3 Å². The van der Waals surface area contributed by atoms with Gasteiger partial charge in [0.05, 0.1) is 17.8 Å². The van der Waals surface area contributed by atoms with Crippen LogP contribution in [-0.2, 0) is 17.6 Å². The van der Waals surface area contributed by atoms with Gasteiger partial charge < -0.3 is 26.0 Å². The maximum Gasteiger partial charge on any atom is 0.266 e. The van der Waals surface area contributed by atoms with E-state index in [1.807, 2.05) is 6.07 Å². The molecular weight excluding hydrogens is 615 g/mol. The number of rotatable bonds is 15. The normalized spacial score (nSPS) is 14.3. The van der Waals surface area contributed by atoms with Gasteiger partial charge in [0.25, 0.3) is 5.91 Å². The minimum absolute atomic E-state index is 0.0274. The Balaban J connectivity index is 1.01. The van der Waals surface area contributed by atoms with Crippen molar-refractivity contribution in [2.45, 2.75) is 51.4 Å². The highest BCUT2D eigenvalue weighted by molar-refractivity contribution is 7.17. The summed E-state index contributed by atoms with van der Waals surface area (Å²) in [5, 5.41) is 17.8. The van der Waals surface area contributed by atoms with E-state index < -0.39 is 0 Å². The second-order valence-corrected chi connectivity index (χ2v) is 12.6. The van der Waals surface area contributed by atoms with Crippen molar-refractivity contribution in [2.75, 3.05) is 37.4 Å². The summed E-state index contributed by atoms with van der Waals surface area (Å²) in [6, 6.07) is 11.8. The van der Waals surface area contributed by atoms with Crippen LogP contribution in [0.5, 0.6) is 5.88 Å². The monoisotopic (exact) mass is 653 g/mol. The first kappa shape index (κ1) is 32.0. The van der Waals surface area contributed by atoms with Gasteiger partial charge in [0, 0.05) is 60.8 Å². The second kappa shape index (κ2) is 15.1. The van der Waals surface area contributed by atoms with Crippen LogP contribution >= 0.6 is 11.3 Å². The number of amides is 2. The number of aryl methyl sites for hydroxylation is 1. The summed E-state index contributed by atoms with van der Waals surface area (Å²) >= 11 is 1.21. The Kier molecular flexibility index (Phi) is 10.3. The quantitative estimate of drug-likeness (QED) is 0.0761. The van der Waals surface area contributed by atoms with Crippen LogP contribution in [0.25, 0.3) is 21.5 Å². The molecule has 47 heavy (non-hydrogen) atoms. The van der Waals surface area contributed by atoms with E-state index in [0.717, 1.165) is 42.1 Å². The molecule has 0 spiro atoms. The Labute approximate surface area is 277 Å². The van der Waals surface area contributed by atoms with Crippen molar-refractivity contribution in [2.24, 2.45) is 11.0 Å². The smallest absolute Gasteiger partial charge is 0.266 e. The average molecular weight is 654 g/mol. The van der Waals surface area contributed by atoms with Gasteiger partial charge in [-0.2, -0.15) is 5.11 Å². The van der Waals surface area contributed by atoms with Crippen LogP contribution in [0.3, 0.4) is 0 Å². The largest absolute Gasteiger partial charge is 0.476 e. The lowest BCUT2D eigenvalue weighted by atomic mass is 9.92. The molecule has 0 bridgehead atoms. The molecule has 1 saturated carbocycles. The summed E-state index contributed by atoms with van der Waals surface area (Å²) in [4.78, 5) is 38.9. The van der Waals surface area contributed by atoms with Crippen LogP contribution in [0.2, 0.25) is 0 Å². The molecule has 6 rings (SSSR count). The highest BCUT2D eigenvalue weighted by atomic mass is 32.1. The number of hydrogen-bond acceptors (Lipinski definition) is 11. The minimum Gasteiger partial charge on any atom is -0.476 e. The van der Waals surface area contributed by atoms with Gasteiger partial charge in [0.15, 0.2) is 4.88 Å². The van der Waals surface area contributed by atoms with Crippen molar-refractivity contribution in [3.8, 4) is 16.5 Å². The molecular formula is C34H39N9O3S. The molecule has 0 radical (unpaired) electrons.